The summed E-state index contributed by atoms with van der Waals surface area (Å²) in [6.07, 6.45) is 3.08. The van der Waals surface area contributed by atoms with Crippen molar-refractivity contribution in [2.75, 3.05) is 0 Å². The molecule has 0 N–H and O–H groups in total. The fraction of sp³-hybridized carbons (Fsp3) is 0.0789. The standard InChI is InChI=1S/C38H26FN3/c1-38(26-11-10-12-28(22-26)41-33-17-6-2-13-29(33)30-14-3-7-18-34(30)41)23-27(39)21-25(24-40)37(38)42-35-19-8-4-15-31(35)32-16-5-9-20-36(32)42/h2-23,37H,1H3. The van der Waals surface area contributed by atoms with Crippen molar-refractivity contribution in [3.8, 4) is 11.8 Å². The van der Waals surface area contributed by atoms with E-state index in [0.717, 1.165) is 44.1 Å². The molecule has 0 amide bonds. The zero-order chi connectivity index (χ0) is 28.4. The third kappa shape index (κ3) is 3.37. The van der Waals surface area contributed by atoms with Gasteiger partial charge in [-0.1, -0.05) is 84.9 Å². The van der Waals surface area contributed by atoms with Crippen molar-refractivity contribution in [2.24, 2.45) is 0 Å². The Morgan fingerprint density at radius 1 is 0.667 bits per heavy atom. The maximum absolute atomic E-state index is 15.5. The van der Waals surface area contributed by atoms with Gasteiger partial charge in [0.05, 0.1) is 28.7 Å². The number of hydrogen-bond acceptors (Lipinski definition) is 1. The average Bonchev–Trinajstić information content (AvgIpc) is 3.54. The zero-order valence-corrected chi connectivity index (χ0v) is 23.0. The largest absolute Gasteiger partial charge is 0.331 e. The van der Waals surface area contributed by atoms with Gasteiger partial charge in [-0.05, 0) is 61.0 Å². The molecule has 0 spiro atoms. The van der Waals surface area contributed by atoms with E-state index < -0.39 is 17.3 Å². The molecule has 8 rings (SSSR count). The molecule has 7 aromatic rings. The van der Waals surface area contributed by atoms with Crippen LogP contribution in [0, 0.1) is 11.3 Å². The van der Waals surface area contributed by atoms with Crippen molar-refractivity contribution in [3.63, 3.8) is 0 Å². The minimum Gasteiger partial charge on any atom is -0.331 e. The van der Waals surface area contributed by atoms with Crippen molar-refractivity contribution in [1.82, 2.24) is 9.13 Å². The molecule has 0 saturated carbocycles. The minimum absolute atomic E-state index is 0.395. The van der Waals surface area contributed by atoms with Gasteiger partial charge in [0.1, 0.15) is 5.83 Å². The van der Waals surface area contributed by atoms with E-state index in [2.05, 4.69) is 113 Å². The zero-order valence-electron chi connectivity index (χ0n) is 23.0. The smallest absolute Gasteiger partial charge is 0.121 e. The second-order valence-electron chi connectivity index (χ2n) is 11.3. The lowest BCUT2D eigenvalue weighted by molar-refractivity contribution is 0.405. The van der Waals surface area contributed by atoms with Gasteiger partial charge in [-0.3, -0.25) is 0 Å². The fourth-order valence-corrected chi connectivity index (χ4v) is 7.11. The second kappa shape index (κ2) is 9.06. The molecular formula is C38H26FN3. The molecule has 2 unspecified atom stereocenters. The number of rotatable bonds is 3. The Balaban J connectivity index is 1.41. The first-order valence-corrected chi connectivity index (χ1v) is 14.2. The van der Waals surface area contributed by atoms with Gasteiger partial charge >= 0.3 is 0 Å². The Morgan fingerprint density at radius 2 is 1.17 bits per heavy atom. The van der Waals surface area contributed by atoms with E-state index in [9.17, 15) is 5.26 Å². The maximum Gasteiger partial charge on any atom is 0.121 e. The lowest BCUT2D eigenvalue weighted by atomic mass is 9.70. The molecule has 0 aliphatic heterocycles. The molecule has 42 heavy (non-hydrogen) atoms. The predicted octanol–water partition coefficient (Wildman–Crippen LogP) is 9.71. The van der Waals surface area contributed by atoms with Crippen LogP contribution in [0.4, 0.5) is 4.39 Å². The van der Waals surface area contributed by atoms with Gasteiger partial charge in [0.15, 0.2) is 0 Å². The SMILES string of the molecule is CC1(c2cccc(-n3c4ccccc4c4ccccc43)c2)C=C(F)C=C(C#N)C1n1c2ccccc2c2ccccc21. The number of halogens is 1. The maximum atomic E-state index is 15.5. The Hall–Kier alpha value is -5.40. The van der Waals surface area contributed by atoms with Gasteiger partial charge in [0, 0.05) is 43.7 Å². The molecule has 1 aliphatic carbocycles. The van der Waals surface area contributed by atoms with Gasteiger partial charge < -0.3 is 9.13 Å². The van der Waals surface area contributed by atoms with Crippen LogP contribution >= 0.6 is 0 Å². The quantitative estimate of drug-likeness (QED) is 0.218. The summed E-state index contributed by atoms with van der Waals surface area (Å²) in [6.45, 7) is 2.05. The molecular weight excluding hydrogens is 517 g/mol. The minimum atomic E-state index is -0.858. The first-order chi connectivity index (χ1) is 20.6. The molecule has 1 aliphatic rings. The lowest BCUT2D eigenvalue weighted by Crippen LogP contribution is -2.35. The Morgan fingerprint density at radius 3 is 1.71 bits per heavy atom. The molecule has 5 aromatic carbocycles. The molecule has 2 aromatic heterocycles. The van der Waals surface area contributed by atoms with Crippen molar-refractivity contribution in [2.45, 2.75) is 18.4 Å². The van der Waals surface area contributed by atoms with E-state index in [4.69, 9.17) is 0 Å². The van der Waals surface area contributed by atoms with Crippen molar-refractivity contribution in [1.29, 1.82) is 5.26 Å². The third-order valence-electron chi connectivity index (χ3n) is 8.90. The summed E-state index contributed by atoms with van der Waals surface area (Å²) in [5, 5.41) is 15.0. The summed E-state index contributed by atoms with van der Waals surface area (Å²) in [4.78, 5) is 0. The van der Waals surface area contributed by atoms with E-state index in [1.807, 2.05) is 30.3 Å². The Labute approximate surface area is 242 Å². The summed E-state index contributed by atoms with van der Waals surface area (Å²) in [7, 11) is 0. The number of nitriles is 1. The number of aromatic nitrogens is 2. The summed E-state index contributed by atoms with van der Waals surface area (Å²) in [6, 6.07) is 43.6. The summed E-state index contributed by atoms with van der Waals surface area (Å²) in [5.41, 5.74) is 5.73. The van der Waals surface area contributed by atoms with Crippen LogP contribution in [0.15, 0.2) is 145 Å². The van der Waals surface area contributed by atoms with Crippen LogP contribution in [-0.2, 0) is 5.41 Å². The molecule has 0 radical (unpaired) electrons. The predicted molar refractivity (Wildman–Crippen MR) is 170 cm³/mol. The van der Waals surface area contributed by atoms with E-state index in [1.54, 1.807) is 6.08 Å². The van der Waals surface area contributed by atoms with E-state index in [1.165, 1.54) is 16.8 Å². The molecule has 4 heteroatoms. The van der Waals surface area contributed by atoms with Crippen molar-refractivity contribution in [3.05, 3.63) is 150 Å². The molecule has 2 heterocycles. The lowest BCUT2D eigenvalue weighted by Gasteiger charge is -2.39. The normalized spacial score (nSPS) is 18.8. The average molecular weight is 544 g/mol. The van der Waals surface area contributed by atoms with Crippen LogP contribution in [0.25, 0.3) is 49.3 Å². The highest BCUT2D eigenvalue weighted by atomic mass is 19.1. The van der Waals surface area contributed by atoms with Gasteiger partial charge in [-0.2, -0.15) is 5.26 Å². The van der Waals surface area contributed by atoms with Crippen LogP contribution in [0.3, 0.4) is 0 Å². The molecule has 0 fully saturated rings. The highest BCUT2D eigenvalue weighted by Gasteiger charge is 2.42. The second-order valence-corrected chi connectivity index (χ2v) is 11.3. The third-order valence-corrected chi connectivity index (χ3v) is 8.90. The van der Waals surface area contributed by atoms with Crippen LogP contribution in [-0.4, -0.2) is 9.13 Å². The van der Waals surface area contributed by atoms with Gasteiger partial charge in [-0.15, -0.1) is 0 Å². The number of benzene rings is 5. The van der Waals surface area contributed by atoms with Crippen LogP contribution in [0.2, 0.25) is 0 Å². The number of hydrogen-bond donors (Lipinski definition) is 0. The molecule has 0 saturated heterocycles. The van der Waals surface area contributed by atoms with E-state index in [0.29, 0.717) is 5.57 Å². The number of para-hydroxylation sites is 4. The van der Waals surface area contributed by atoms with Crippen LogP contribution in [0.5, 0.6) is 0 Å². The Bertz CT molecular complexity index is 2200. The van der Waals surface area contributed by atoms with Crippen molar-refractivity contribution >= 4 is 43.6 Å². The highest BCUT2D eigenvalue weighted by Crippen LogP contribution is 2.49. The topological polar surface area (TPSA) is 33.6 Å². The van der Waals surface area contributed by atoms with Gasteiger partial charge in [0.25, 0.3) is 0 Å². The highest BCUT2D eigenvalue weighted by molar-refractivity contribution is 6.09. The van der Waals surface area contributed by atoms with Crippen LogP contribution in [0.1, 0.15) is 18.5 Å². The fourth-order valence-electron chi connectivity index (χ4n) is 7.11. The van der Waals surface area contributed by atoms with Gasteiger partial charge in [-0.25, -0.2) is 4.39 Å². The molecule has 0 bridgehead atoms. The molecule has 3 nitrogen and oxygen atoms in total. The van der Waals surface area contributed by atoms with Crippen LogP contribution < -0.4 is 0 Å². The van der Waals surface area contributed by atoms with E-state index >= 15 is 4.39 Å². The molecule has 2 atom stereocenters. The van der Waals surface area contributed by atoms with Crippen molar-refractivity contribution < 1.29 is 4.39 Å². The van der Waals surface area contributed by atoms with Gasteiger partial charge in [0.2, 0.25) is 0 Å². The number of nitrogens with zero attached hydrogens (tertiary/aromatic N) is 3. The monoisotopic (exact) mass is 543 g/mol. The number of allylic oxidation sites excluding steroid dienone is 4. The van der Waals surface area contributed by atoms with E-state index in [-0.39, 0.29) is 0 Å². The first kappa shape index (κ1) is 24.4. The molecule has 200 valence electrons. The summed E-state index contributed by atoms with van der Waals surface area (Å²) in [5.74, 6) is -0.395. The summed E-state index contributed by atoms with van der Waals surface area (Å²) >= 11 is 0. The number of fused-ring (bicyclic) bond motifs is 6. The summed E-state index contributed by atoms with van der Waals surface area (Å²) < 4.78 is 20.0. The first-order valence-electron chi connectivity index (χ1n) is 14.2. The Kier molecular flexibility index (Phi) is 5.26.